The summed E-state index contributed by atoms with van der Waals surface area (Å²) in [6, 6.07) is 0. The standard InChI is InChI=1S/3C2H5.3CH3.2Zn/c3*1-2;;;;;/h3*1H2,2H3;3*1H3;;/q6*-1;;. The van der Waals surface area contributed by atoms with Gasteiger partial charge in [0.05, 0.1) is 0 Å². The molecule has 0 aliphatic rings. The van der Waals surface area contributed by atoms with Gasteiger partial charge in [0.2, 0.25) is 0 Å². The second-order valence-electron chi connectivity index (χ2n) is 0. The van der Waals surface area contributed by atoms with E-state index in [0.29, 0.717) is 0 Å². The molecule has 0 aromatic carbocycles. The number of rotatable bonds is 0. The van der Waals surface area contributed by atoms with Gasteiger partial charge in [-0.2, -0.15) is 20.8 Å². The Kier molecular flexibility index (Phi) is 5930. The van der Waals surface area contributed by atoms with Crippen LogP contribution < -0.4 is 0 Å². The van der Waals surface area contributed by atoms with Gasteiger partial charge in [-0.3, -0.25) is 0 Å². The Morgan fingerprint density at radius 1 is 0.455 bits per heavy atom. The first-order chi connectivity index (χ1) is 3.00. The summed E-state index contributed by atoms with van der Waals surface area (Å²) < 4.78 is 0. The van der Waals surface area contributed by atoms with Crippen LogP contribution in [0.1, 0.15) is 20.8 Å². The normalized spacial score (nSPS) is 1.64. The molecule has 0 bridgehead atoms. The topological polar surface area (TPSA) is 0 Å². The molecule has 0 fully saturated rings. The van der Waals surface area contributed by atoms with Crippen molar-refractivity contribution < 1.29 is 39.0 Å². The summed E-state index contributed by atoms with van der Waals surface area (Å²) in [5.41, 5.74) is 0. The van der Waals surface area contributed by atoms with Crippen molar-refractivity contribution in [2.24, 2.45) is 0 Å². The quantitative estimate of drug-likeness (QED) is 0.459. The summed E-state index contributed by atoms with van der Waals surface area (Å²) in [5, 5.41) is 0. The summed E-state index contributed by atoms with van der Waals surface area (Å²) in [6.45, 7) is 15.0. The van der Waals surface area contributed by atoms with Crippen LogP contribution in [0.5, 0.6) is 0 Å². The Hall–Kier alpha value is 1.25. The van der Waals surface area contributed by atoms with Crippen LogP contribution in [0.4, 0.5) is 0 Å². The maximum absolute atomic E-state index is 3.25. The minimum Gasteiger partial charge on any atom is -0.358 e. The molecule has 0 spiro atoms. The Bertz CT molecular complexity index is 7.52. The molecule has 0 aromatic heterocycles. The van der Waals surface area contributed by atoms with Gasteiger partial charge in [-0.15, -0.1) is 0 Å². The molecule has 0 amide bonds. The molecule has 0 N–H and O–H groups in total. The number of hydrogen-bond acceptors (Lipinski definition) is 0. The van der Waals surface area contributed by atoms with Gasteiger partial charge in [0.25, 0.3) is 0 Å². The van der Waals surface area contributed by atoms with Gasteiger partial charge in [0.15, 0.2) is 0 Å². The van der Waals surface area contributed by atoms with E-state index in [0.717, 1.165) is 0 Å². The molecule has 0 aromatic rings. The van der Waals surface area contributed by atoms with Crippen LogP contribution in [-0.4, -0.2) is 0 Å². The van der Waals surface area contributed by atoms with Crippen LogP contribution in [0, 0.1) is 43.1 Å². The smallest absolute Gasteiger partial charge is 0 e. The van der Waals surface area contributed by atoms with Crippen LogP contribution in [0.25, 0.3) is 0 Å². The maximum Gasteiger partial charge on any atom is 0 e. The molecule has 0 rings (SSSR count). The molecule has 0 atom stereocenters. The molecule has 0 aliphatic carbocycles. The molecule has 0 aliphatic heterocycles. The molecule has 2 heteroatoms. The van der Waals surface area contributed by atoms with Crippen LogP contribution >= 0.6 is 0 Å². The first-order valence-corrected chi connectivity index (χ1v) is 2.12. The Morgan fingerprint density at radius 3 is 0.455 bits per heavy atom. The second-order valence-corrected chi connectivity index (χ2v) is 0. The fourth-order valence-corrected chi connectivity index (χ4v) is 0. The summed E-state index contributed by atoms with van der Waals surface area (Å²) in [4.78, 5) is 0. The minimum absolute atomic E-state index is 0. The predicted molar refractivity (Wildman–Crippen MR) is 52.3 cm³/mol. The zero-order valence-corrected chi connectivity index (χ0v) is 15.5. The van der Waals surface area contributed by atoms with E-state index in [2.05, 4.69) is 20.8 Å². The van der Waals surface area contributed by atoms with Crippen LogP contribution in [0.15, 0.2) is 0 Å². The van der Waals surface area contributed by atoms with Crippen LogP contribution in [0.2, 0.25) is 0 Å². The molecule has 0 radical (unpaired) electrons. The maximum atomic E-state index is 3.25. The van der Waals surface area contributed by atoms with E-state index in [9.17, 15) is 0 Å². The van der Waals surface area contributed by atoms with Crippen molar-refractivity contribution in [2.45, 2.75) is 20.8 Å². The van der Waals surface area contributed by atoms with Crippen molar-refractivity contribution in [3.05, 3.63) is 43.1 Å². The number of hydrogen-bond donors (Lipinski definition) is 0. The fraction of sp³-hybridized carbons (Fsp3) is 0.333. The monoisotopic (exact) mass is 260 g/mol. The SMILES string of the molecule is [CH2-]C.[CH2-]C.[CH2-]C.[CH3-].[CH3-].[CH3-].[Zn].[Zn]. The van der Waals surface area contributed by atoms with E-state index in [1.54, 1.807) is 20.8 Å². The van der Waals surface area contributed by atoms with Crippen molar-refractivity contribution in [3.8, 4) is 0 Å². The average Bonchev–Trinajstić information content (AvgIpc) is 1.81. The summed E-state index contributed by atoms with van der Waals surface area (Å²) >= 11 is 0. The third-order valence-electron chi connectivity index (χ3n) is 0. The van der Waals surface area contributed by atoms with E-state index in [1.165, 1.54) is 0 Å². The van der Waals surface area contributed by atoms with Gasteiger partial charge in [0.1, 0.15) is 0 Å². The van der Waals surface area contributed by atoms with Gasteiger partial charge in [-0.1, -0.05) is 0 Å². The molecular weight excluding hydrogens is 239 g/mol. The van der Waals surface area contributed by atoms with E-state index in [1.807, 2.05) is 0 Å². The average molecular weight is 263 g/mol. The van der Waals surface area contributed by atoms with E-state index in [4.69, 9.17) is 0 Å². The minimum atomic E-state index is 0. The zero-order valence-electron chi connectivity index (χ0n) is 9.54. The molecule has 0 heterocycles. The fourth-order valence-electron chi connectivity index (χ4n) is 0. The van der Waals surface area contributed by atoms with E-state index in [-0.39, 0.29) is 61.2 Å². The third-order valence-corrected chi connectivity index (χ3v) is 0. The van der Waals surface area contributed by atoms with Crippen molar-refractivity contribution in [3.63, 3.8) is 0 Å². The zero-order chi connectivity index (χ0) is 6.00. The van der Waals surface area contributed by atoms with Crippen molar-refractivity contribution in [1.29, 1.82) is 0 Å². The van der Waals surface area contributed by atoms with Crippen LogP contribution in [-0.2, 0) is 39.0 Å². The largest absolute Gasteiger partial charge is 0.358 e. The molecule has 70 valence electrons. The Morgan fingerprint density at radius 2 is 0.455 bits per heavy atom. The van der Waals surface area contributed by atoms with Crippen molar-refractivity contribution in [1.82, 2.24) is 0 Å². The first-order valence-electron chi connectivity index (χ1n) is 2.12. The molecule has 11 heavy (non-hydrogen) atoms. The molecule has 0 saturated carbocycles. The summed E-state index contributed by atoms with van der Waals surface area (Å²) in [6.07, 6.45) is 0. The summed E-state index contributed by atoms with van der Waals surface area (Å²) in [5.74, 6) is 0. The van der Waals surface area contributed by atoms with Gasteiger partial charge in [-0.25, -0.2) is 0 Å². The molecule has 0 nitrogen and oxygen atoms in total. The Labute approximate surface area is 102 Å². The Balaban J connectivity index is -0.00000000167. The predicted octanol–water partition coefficient (Wildman–Crippen LogP) is 3.87. The molecule has 0 saturated heterocycles. The third kappa shape index (κ3) is 619. The van der Waals surface area contributed by atoms with Crippen molar-refractivity contribution >= 4 is 0 Å². The van der Waals surface area contributed by atoms with E-state index >= 15 is 0 Å². The molecular formula is C9H24Zn2-6. The molecule has 0 unspecified atom stereocenters. The van der Waals surface area contributed by atoms with Gasteiger partial charge < -0.3 is 43.1 Å². The van der Waals surface area contributed by atoms with Crippen LogP contribution in [0.3, 0.4) is 0 Å². The summed E-state index contributed by atoms with van der Waals surface area (Å²) in [7, 11) is 0. The van der Waals surface area contributed by atoms with Crippen molar-refractivity contribution in [2.75, 3.05) is 0 Å². The second kappa shape index (κ2) is 760. The van der Waals surface area contributed by atoms with Gasteiger partial charge >= 0.3 is 0 Å². The van der Waals surface area contributed by atoms with E-state index < -0.39 is 0 Å². The first kappa shape index (κ1) is 85.9. The van der Waals surface area contributed by atoms with Gasteiger partial charge in [-0.05, 0) is 0 Å². The van der Waals surface area contributed by atoms with Gasteiger partial charge in [0, 0.05) is 39.0 Å².